The van der Waals surface area contributed by atoms with Gasteiger partial charge < -0.3 is 10.1 Å². The maximum atomic E-state index is 5.17. The molecular formula is C17H22N2O. The number of hydrogen-bond donors (Lipinski definition) is 1. The molecule has 2 atom stereocenters. The first kappa shape index (κ1) is 14.5. The molecule has 2 aromatic rings. The predicted octanol–water partition coefficient (Wildman–Crippen LogP) is 3.37. The summed E-state index contributed by atoms with van der Waals surface area (Å²) in [4.78, 5) is 4.38. The Bertz CT molecular complexity index is 510. The average molecular weight is 270 g/mol. The predicted molar refractivity (Wildman–Crippen MR) is 81.9 cm³/mol. The van der Waals surface area contributed by atoms with Crippen LogP contribution in [-0.2, 0) is 6.42 Å². The van der Waals surface area contributed by atoms with E-state index >= 15 is 0 Å². The van der Waals surface area contributed by atoms with Crippen LogP contribution in [0.2, 0.25) is 0 Å². The minimum Gasteiger partial charge on any atom is -0.497 e. The van der Waals surface area contributed by atoms with Crippen molar-refractivity contribution in [3.63, 3.8) is 0 Å². The fourth-order valence-corrected chi connectivity index (χ4v) is 2.32. The van der Waals surface area contributed by atoms with E-state index in [1.54, 1.807) is 7.11 Å². The second kappa shape index (κ2) is 7.06. The number of nitrogens with one attached hydrogen (secondary N) is 1. The highest BCUT2D eigenvalue weighted by atomic mass is 16.5. The zero-order chi connectivity index (χ0) is 14.4. The van der Waals surface area contributed by atoms with Crippen LogP contribution in [0.1, 0.15) is 31.1 Å². The molecule has 20 heavy (non-hydrogen) atoms. The SMILES string of the molecule is COc1ccc(CC(C)N[C@H](C)c2ccccn2)cc1. The van der Waals surface area contributed by atoms with Gasteiger partial charge in [0.05, 0.1) is 12.8 Å². The fraction of sp³-hybridized carbons (Fsp3) is 0.353. The molecule has 3 nitrogen and oxygen atoms in total. The quantitative estimate of drug-likeness (QED) is 0.874. The monoisotopic (exact) mass is 270 g/mol. The highest BCUT2D eigenvalue weighted by molar-refractivity contribution is 5.27. The van der Waals surface area contributed by atoms with Gasteiger partial charge in [0.2, 0.25) is 0 Å². The van der Waals surface area contributed by atoms with Crippen LogP contribution in [0.3, 0.4) is 0 Å². The van der Waals surface area contributed by atoms with E-state index in [2.05, 4.69) is 42.3 Å². The molecule has 0 saturated heterocycles. The largest absolute Gasteiger partial charge is 0.497 e. The first-order chi connectivity index (χ1) is 9.69. The first-order valence-corrected chi connectivity index (χ1v) is 6.99. The molecule has 0 amide bonds. The van der Waals surface area contributed by atoms with Crippen molar-refractivity contribution in [2.24, 2.45) is 0 Å². The highest BCUT2D eigenvalue weighted by Crippen LogP contribution is 2.14. The number of ether oxygens (including phenoxy) is 1. The van der Waals surface area contributed by atoms with Crippen molar-refractivity contribution in [2.45, 2.75) is 32.4 Å². The Morgan fingerprint density at radius 3 is 2.45 bits per heavy atom. The Labute approximate surface area is 121 Å². The van der Waals surface area contributed by atoms with Crippen LogP contribution in [0.15, 0.2) is 48.7 Å². The van der Waals surface area contributed by atoms with Gasteiger partial charge in [0.25, 0.3) is 0 Å². The van der Waals surface area contributed by atoms with Crippen LogP contribution in [0, 0.1) is 0 Å². The van der Waals surface area contributed by atoms with Gasteiger partial charge in [-0.15, -0.1) is 0 Å². The number of rotatable bonds is 6. The third kappa shape index (κ3) is 4.07. The van der Waals surface area contributed by atoms with Crippen molar-refractivity contribution in [1.29, 1.82) is 0 Å². The van der Waals surface area contributed by atoms with Gasteiger partial charge in [-0.05, 0) is 50.1 Å². The van der Waals surface area contributed by atoms with Crippen LogP contribution in [0.25, 0.3) is 0 Å². The van der Waals surface area contributed by atoms with Crippen molar-refractivity contribution >= 4 is 0 Å². The number of aromatic nitrogens is 1. The maximum absolute atomic E-state index is 5.17. The molecule has 106 valence electrons. The summed E-state index contributed by atoms with van der Waals surface area (Å²) in [6.45, 7) is 4.34. The second-order valence-corrected chi connectivity index (χ2v) is 5.10. The van der Waals surface area contributed by atoms with Gasteiger partial charge in [-0.25, -0.2) is 0 Å². The van der Waals surface area contributed by atoms with Gasteiger partial charge in [0.1, 0.15) is 5.75 Å². The van der Waals surface area contributed by atoms with Crippen LogP contribution in [0.4, 0.5) is 0 Å². The summed E-state index contributed by atoms with van der Waals surface area (Å²) in [7, 11) is 1.69. The molecule has 1 aromatic carbocycles. The van der Waals surface area contributed by atoms with Gasteiger partial charge in [0, 0.05) is 18.3 Å². The molecule has 0 bridgehead atoms. The number of benzene rings is 1. The van der Waals surface area contributed by atoms with Crippen LogP contribution < -0.4 is 10.1 Å². The van der Waals surface area contributed by atoms with Crippen molar-refractivity contribution < 1.29 is 4.74 Å². The van der Waals surface area contributed by atoms with Crippen molar-refractivity contribution in [3.05, 3.63) is 59.9 Å². The van der Waals surface area contributed by atoms with Crippen LogP contribution in [-0.4, -0.2) is 18.1 Å². The zero-order valence-corrected chi connectivity index (χ0v) is 12.3. The molecule has 0 aliphatic rings. The van der Waals surface area contributed by atoms with E-state index in [4.69, 9.17) is 4.74 Å². The molecule has 1 unspecified atom stereocenters. The summed E-state index contributed by atoms with van der Waals surface area (Å²) in [6.07, 6.45) is 2.82. The first-order valence-electron chi connectivity index (χ1n) is 6.99. The van der Waals surface area contributed by atoms with Crippen molar-refractivity contribution in [2.75, 3.05) is 7.11 Å². The van der Waals surface area contributed by atoms with Gasteiger partial charge in [-0.3, -0.25) is 4.98 Å². The van der Waals surface area contributed by atoms with Crippen molar-refractivity contribution in [1.82, 2.24) is 10.3 Å². The van der Waals surface area contributed by atoms with Gasteiger partial charge >= 0.3 is 0 Å². The fourth-order valence-electron chi connectivity index (χ4n) is 2.32. The maximum Gasteiger partial charge on any atom is 0.118 e. The van der Waals surface area contributed by atoms with E-state index in [-0.39, 0.29) is 6.04 Å². The Hall–Kier alpha value is -1.87. The lowest BCUT2D eigenvalue weighted by Gasteiger charge is -2.19. The third-order valence-corrected chi connectivity index (χ3v) is 3.37. The van der Waals surface area contributed by atoms with Crippen molar-refractivity contribution in [3.8, 4) is 5.75 Å². The summed E-state index contributed by atoms with van der Waals surface area (Å²) in [6, 6.07) is 14.9. The summed E-state index contributed by atoms with van der Waals surface area (Å²) in [5, 5.41) is 3.58. The second-order valence-electron chi connectivity index (χ2n) is 5.10. The molecule has 0 radical (unpaired) electrons. The Balaban J connectivity index is 1.90. The lowest BCUT2D eigenvalue weighted by molar-refractivity contribution is 0.414. The Morgan fingerprint density at radius 2 is 1.85 bits per heavy atom. The number of pyridine rings is 1. The molecule has 0 aliphatic heterocycles. The molecule has 0 spiro atoms. The molecule has 0 saturated carbocycles. The highest BCUT2D eigenvalue weighted by Gasteiger charge is 2.10. The third-order valence-electron chi connectivity index (χ3n) is 3.37. The summed E-state index contributed by atoms with van der Waals surface area (Å²) in [5.41, 5.74) is 2.38. The standard InChI is InChI=1S/C17H22N2O/c1-13(12-15-7-9-16(20-3)10-8-15)19-14(2)17-6-4-5-11-18-17/h4-11,13-14,19H,12H2,1-3H3/t13?,14-/m1/s1. The minimum atomic E-state index is 0.254. The molecule has 2 rings (SSSR count). The Kier molecular flexibility index (Phi) is 5.13. The summed E-state index contributed by atoms with van der Waals surface area (Å²) in [5.74, 6) is 0.899. The van der Waals surface area contributed by atoms with Gasteiger partial charge in [-0.2, -0.15) is 0 Å². The van der Waals surface area contributed by atoms with E-state index < -0.39 is 0 Å². The smallest absolute Gasteiger partial charge is 0.118 e. The number of nitrogens with zero attached hydrogens (tertiary/aromatic N) is 1. The van der Waals surface area contributed by atoms with E-state index in [0.29, 0.717) is 6.04 Å². The van der Waals surface area contributed by atoms with Crippen LogP contribution >= 0.6 is 0 Å². The molecule has 3 heteroatoms. The molecule has 1 N–H and O–H groups in total. The number of methoxy groups -OCH3 is 1. The zero-order valence-electron chi connectivity index (χ0n) is 12.3. The molecule has 0 fully saturated rings. The molecular weight excluding hydrogens is 248 g/mol. The minimum absolute atomic E-state index is 0.254. The normalized spacial score (nSPS) is 13.8. The lowest BCUT2D eigenvalue weighted by atomic mass is 10.1. The lowest BCUT2D eigenvalue weighted by Crippen LogP contribution is -2.31. The Morgan fingerprint density at radius 1 is 1.10 bits per heavy atom. The molecule has 0 aliphatic carbocycles. The van der Waals surface area contributed by atoms with Crippen LogP contribution in [0.5, 0.6) is 5.75 Å². The molecule has 1 heterocycles. The summed E-state index contributed by atoms with van der Waals surface area (Å²) < 4.78 is 5.17. The van der Waals surface area contributed by atoms with E-state index in [1.165, 1.54) is 5.56 Å². The summed E-state index contributed by atoms with van der Waals surface area (Å²) >= 11 is 0. The topological polar surface area (TPSA) is 34.1 Å². The van der Waals surface area contributed by atoms with E-state index in [9.17, 15) is 0 Å². The van der Waals surface area contributed by atoms with Gasteiger partial charge in [-0.1, -0.05) is 18.2 Å². The van der Waals surface area contributed by atoms with E-state index in [0.717, 1.165) is 17.9 Å². The van der Waals surface area contributed by atoms with Gasteiger partial charge in [0.15, 0.2) is 0 Å². The number of hydrogen-bond acceptors (Lipinski definition) is 3. The average Bonchev–Trinajstić information content (AvgIpc) is 2.49. The molecule has 1 aromatic heterocycles. The van der Waals surface area contributed by atoms with E-state index in [1.807, 2.05) is 30.5 Å².